The molecule has 0 amide bonds. The Morgan fingerprint density at radius 3 is 2.35 bits per heavy atom. The molecule has 0 radical (unpaired) electrons. The van der Waals surface area contributed by atoms with Crippen LogP contribution in [-0.2, 0) is 0 Å². The summed E-state index contributed by atoms with van der Waals surface area (Å²) >= 11 is 0. The van der Waals surface area contributed by atoms with Crippen molar-refractivity contribution in [1.29, 1.82) is 0 Å². The quantitative estimate of drug-likeness (QED) is 0.849. The normalized spacial score (nSPS) is 11.8. The van der Waals surface area contributed by atoms with Crippen molar-refractivity contribution in [3.05, 3.63) is 30.0 Å². The van der Waals surface area contributed by atoms with Gasteiger partial charge in [0.2, 0.25) is 0 Å². The molecule has 108 valence electrons. The Morgan fingerprint density at radius 2 is 1.75 bits per heavy atom. The first-order valence-electron chi connectivity index (χ1n) is 7.22. The van der Waals surface area contributed by atoms with Crippen LogP contribution in [0.4, 0.5) is 5.82 Å². The van der Waals surface area contributed by atoms with Gasteiger partial charge in [-0.05, 0) is 19.8 Å². The lowest BCUT2D eigenvalue weighted by atomic mass is 9.83. The zero-order valence-electron chi connectivity index (χ0n) is 12.5. The van der Waals surface area contributed by atoms with Crippen molar-refractivity contribution < 1.29 is 5.11 Å². The molecule has 0 saturated heterocycles. The first-order valence-corrected chi connectivity index (χ1v) is 7.22. The minimum absolute atomic E-state index is 0.0896. The molecule has 0 bridgehead atoms. The molecule has 2 aromatic rings. The van der Waals surface area contributed by atoms with Crippen LogP contribution in [0.2, 0.25) is 0 Å². The highest BCUT2D eigenvalue weighted by atomic mass is 16.3. The number of benzene rings is 1. The smallest absolute Gasteiger partial charge is 0.156 e. The Hall–Kier alpha value is -1.68. The van der Waals surface area contributed by atoms with Crippen molar-refractivity contribution in [2.45, 2.75) is 33.6 Å². The van der Waals surface area contributed by atoms with Crippen molar-refractivity contribution in [3.8, 4) is 0 Å². The molecule has 4 nitrogen and oxygen atoms in total. The van der Waals surface area contributed by atoms with Crippen LogP contribution in [0.15, 0.2) is 24.3 Å². The SMILES string of the molecule is CCC(CC)(CO)CNc1nnc(C)c2ccccc12. The third-order valence-electron chi connectivity index (χ3n) is 4.34. The van der Waals surface area contributed by atoms with Crippen molar-refractivity contribution in [1.82, 2.24) is 10.2 Å². The van der Waals surface area contributed by atoms with E-state index in [4.69, 9.17) is 0 Å². The van der Waals surface area contributed by atoms with Crippen LogP contribution in [0.5, 0.6) is 0 Å². The predicted molar refractivity (Wildman–Crippen MR) is 82.9 cm³/mol. The van der Waals surface area contributed by atoms with Gasteiger partial charge in [-0.15, -0.1) is 5.10 Å². The average molecular weight is 273 g/mol. The molecule has 0 aliphatic heterocycles. The molecule has 0 atom stereocenters. The van der Waals surface area contributed by atoms with Crippen LogP contribution in [0, 0.1) is 12.3 Å². The maximum Gasteiger partial charge on any atom is 0.156 e. The van der Waals surface area contributed by atoms with Gasteiger partial charge in [0.15, 0.2) is 5.82 Å². The van der Waals surface area contributed by atoms with Gasteiger partial charge in [-0.1, -0.05) is 38.1 Å². The summed E-state index contributed by atoms with van der Waals surface area (Å²) in [6.45, 7) is 7.08. The van der Waals surface area contributed by atoms with Gasteiger partial charge in [-0.2, -0.15) is 5.10 Å². The summed E-state index contributed by atoms with van der Waals surface area (Å²) in [7, 11) is 0. The Morgan fingerprint density at radius 1 is 1.10 bits per heavy atom. The van der Waals surface area contributed by atoms with Crippen molar-refractivity contribution >= 4 is 16.6 Å². The number of rotatable bonds is 6. The topological polar surface area (TPSA) is 58.0 Å². The molecule has 0 unspecified atom stereocenters. The van der Waals surface area contributed by atoms with E-state index in [0.717, 1.165) is 35.1 Å². The largest absolute Gasteiger partial charge is 0.396 e. The fraction of sp³-hybridized carbons (Fsp3) is 0.500. The second-order valence-corrected chi connectivity index (χ2v) is 5.40. The molecule has 4 heteroatoms. The Bertz CT molecular complexity index is 571. The molecule has 1 heterocycles. The van der Waals surface area contributed by atoms with Crippen LogP contribution in [0.25, 0.3) is 10.8 Å². The van der Waals surface area contributed by atoms with E-state index in [2.05, 4.69) is 41.5 Å². The maximum atomic E-state index is 9.64. The van der Waals surface area contributed by atoms with Crippen LogP contribution in [-0.4, -0.2) is 28.5 Å². The second kappa shape index (κ2) is 6.18. The monoisotopic (exact) mass is 273 g/mol. The van der Waals surface area contributed by atoms with Gasteiger partial charge in [0.25, 0.3) is 0 Å². The van der Waals surface area contributed by atoms with E-state index in [-0.39, 0.29) is 12.0 Å². The van der Waals surface area contributed by atoms with Gasteiger partial charge in [-0.25, -0.2) is 0 Å². The highest BCUT2D eigenvalue weighted by Crippen LogP contribution is 2.28. The van der Waals surface area contributed by atoms with E-state index in [0.29, 0.717) is 6.54 Å². The van der Waals surface area contributed by atoms with E-state index >= 15 is 0 Å². The molecule has 0 aliphatic carbocycles. The summed E-state index contributed by atoms with van der Waals surface area (Å²) in [5.74, 6) is 0.797. The number of anilines is 1. The number of nitrogens with zero attached hydrogens (tertiary/aromatic N) is 2. The van der Waals surface area contributed by atoms with Gasteiger partial charge in [-0.3, -0.25) is 0 Å². The molecular weight excluding hydrogens is 250 g/mol. The molecule has 1 aromatic carbocycles. The summed E-state index contributed by atoms with van der Waals surface area (Å²) in [4.78, 5) is 0. The number of hydrogen-bond donors (Lipinski definition) is 2. The molecule has 0 spiro atoms. The van der Waals surface area contributed by atoms with Gasteiger partial charge in [0.1, 0.15) is 0 Å². The lowest BCUT2D eigenvalue weighted by Gasteiger charge is -2.29. The van der Waals surface area contributed by atoms with Crippen LogP contribution in [0.1, 0.15) is 32.4 Å². The Balaban J connectivity index is 2.29. The van der Waals surface area contributed by atoms with Crippen LogP contribution < -0.4 is 5.32 Å². The molecule has 2 rings (SSSR count). The number of aromatic nitrogens is 2. The van der Waals surface area contributed by atoms with Gasteiger partial charge >= 0.3 is 0 Å². The first kappa shape index (κ1) is 14.7. The zero-order valence-corrected chi connectivity index (χ0v) is 12.5. The minimum atomic E-state index is -0.0896. The van der Waals surface area contributed by atoms with Crippen molar-refractivity contribution in [2.24, 2.45) is 5.41 Å². The Labute approximate surface area is 120 Å². The van der Waals surface area contributed by atoms with E-state index in [9.17, 15) is 5.11 Å². The first-order chi connectivity index (χ1) is 9.65. The van der Waals surface area contributed by atoms with E-state index in [1.54, 1.807) is 0 Å². The fourth-order valence-electron chi connectivity index (χ4n) is 2.42. The number of aliphatic hydroxyl groups excluding tert-OH is 1. The molecule has 0 fully saturated rings. The third-order valence-corrected chi connectivity index (χ3v) is 4.34. The highest BCUT2D eigenvalue weighted by molar-refractivity contribution is 5.92. The van der Waals surface area contributed by atoms with Gasteiger partial charge < -0.3 is 10.4 Å². The van der Waals surface area contributed by atoms with E-state index in [1.807, 2.05) is 19.1 Å². The third kappa shape index (κ3) is 2.75. The number of hydrogen-bond acceptors (Lipinski definition) is 4. The molecular formula is C16H23N3O. The molecule has 2 N–H and O–H groups in total. The van der Waals surface area contributed by atoms with Crippen LogP contribution >= 0.6 is 0 Å². The Kier molecular flexibility index (Phi) is 4.55. The van der Waals surface area contributed by atoms with E-state index < -0.39 is 0 Å². The lowest BCUT2D eigenvalue weighted by molar-refractivity contribution is 0.127. The average Bonchev–Trinajstić information content (AvgIpc) is 2.51. The number of nitrogens with one attached hydrogen (secondary N) is 1. The summed E-state index contributed by atoms with van der Waals surface area (Å²) in [6.07, 6.45) is 1.87. The number of fused-ring (bicyclic) bond motifs is 1. The standard InChI is InChI=1S/C16H23N3O/c1-4-16(5-2,11-20)10-17-15-14-9-7-6-8-13(14)12(3)18-19-15/h6-9,20H,4-5,10-11H2,1-3H3,(H,17,19). The maximum absolute atomic E-state index is 9.64. The van der Waals surface area contributed by atoms with E-state index in [1.165, 1.54) is 0 Å². The molecule has 0 aliphatic rings. The van der Waals surface area contributed by atoms with Gasteiger partial charge in [0, 0.05) is 22.7 Å². The highest BCUT2D eigenvalue weighted by Gasteiger charge is 2.25. The lowest BCUT2D eigenvalue weighted by Crippen LogP contribution is -2.32. The summed E-state index contributed by atoms with van der Waals surface area (Å²) in [5, 5.41) is 23.7. The molecule has 20 heavy (non-hydrogen) atoms. The summed E-state index contributed by atoms with van der Waals surface area (Å²) in [5.41, 5.74) is 0.846. The van der Waals surface area contributed by atoms with Crippen molar-refractivity contribution in [2.75, 3.05) is 18.5 Å². The number of aryl methyl sites for hydroxylation is 1. The molecule has 1 aromatic heterocycles. The van der Waals surface area contributed by atoms with Crippen LogP contribution in [0.3, 0.4) is 0 Å². The second-order valence-electron chi connectivity index (χ2n) is 5.40. The zero-order chi connectivity index (χ0) is 14.6. The summed E-state index contributed by atoms with van der Waals surface area (Å²) in [6, 6.07) is 8.13. The number of aliphatic hydroxyl groups is 1. The molecule has 0 saturated carbocycles. The fourth-order valence-corrected chi connectivity index (χ4v) is 2.42. The summed E-state index contributed by atoms with van der Waals surface area (Å²) < 4.78 is 0. The minimum Gasteiger partial charge on any atom is -0.396 e. The predicted octanol–water partition coefficient (Wildman–Crippen LogP) is 3.15. The van der Waals surface area contributed by atoms with Crippen molar-refractivity contribution in [3.63, 3.8) is 0 Å². The van der Waals surface area contributed by atoms with Gasteiger partial charge in [0.05, 0.1) is 12.3 Å².